The molecular formula is C26H35N3O2. The van der Waals surface area contributed by atoms with E-state index in [1.165, 1.54) is 22.2 Å². The number of para-hydroxylation sites is 1. The molecule has 2 N–H and O–H groups in total. The summed E-state index contributed by atoms with van der Waals surface area (Å²) in [4.78, 5) is 8.32. The predicted molar refractivity (Wildman–Crippen MR) is 127 cm³/mol. The second-order valence-corrected chi connectivity index (χ2v) is 9.70. The average molecular weight is 422 g/mol. The Morgan fingerprint density at radius 1 is 0.968 bits per heavy atom. The molecular weight excluding hydrogens is 386 g/mol. The molecule has 31 heavy (non-hydrogen) atoms. The Bertz CT molecular complexity index is 933. The molecule has 0 aliphatic carbocycles. The molecule has 1 saturated heterocycles. The number of aliphatic hydroxyl groups is 1. The molecule has 0 amide bonds. The van der Waals surface area contributed by atoms with E-state index >= 15 is 0 Å². The molecule has 1 atom stereocenters. The van der Waals surface area contributed by atoms with Crippen molar-refractivity contribution in [1.82, 2.24) is 14.8 Å². The number of rotatable bonds is 7. The molecule has 0 spiro atoms. The van der Waals surface area contributed by atoms with Gasteiger partial charge in [-0.05, 0) is 40.6 Å². The predicted octanol–water partition coefficient (Wildman–Crippen LogP) is 4.02. The fourth-order valence-electron chi connectivity index (χ4n) is 4.18. The van der Waals surface area contributed by atoms with Gasteiger partial charge < -0.3 is 14.8 Å². The lowest BCUT2D eigenvalue weighted by Gasteiger charge is -2.35. The van der Waals surface area contributed by atoms with Crippen molar-refractivity contribution < 1.29 is 9.84 Å². The summed E-state index contributed by atoms with van der Waals surface area (Å²) in [6, 6.07) is 18.9. The number of piperazine rings is 1. The van der Waals surface area contributed by atoms with E-state index in [0.29, 0.717) is 13.2 Å². The van der Waals surface area contributed by atoms with E-state index in [0.717, 1.165) is 38.5 Å². The van der Waals surface area contributed by atoms with Crippen molar-refractivity contribution in [1.29, 1.82) is 0 Å². The van der Waals surface area contributed by atoms with Crippen LogP contribution in [0.15, 0.2) is 54.6 Å². The third kappa shape index (κ3) is 5.88. The van der Waals surface area contributed by atoms with Gasteiger partial charge in [0.2, 0.25) is 0 Å². The third-order valence-electron chi connectivity index (χ3n) is 6.08. The second kappa shape index (κ2) is 9.43. The molecule has 5 nitrogen and oxygen atoms in total. The van der Waals surface area contributed by atoms with E-state index in [1.807, 2.05) is 12.1 Å². The summed E-state index contributed by atoms with van der Waals surface area (Å²) < 4.78 is 5.81. The van der Waals surface area contributed by atoms with Gasteiger partial charge in [0.1, 0.15) is 18.5 Å². The Labute approximate surface area is 185 Å². The van der Waals surface area contributed by atoms with Crippen LogP contribution in [0.2, 0.25) is 0 Å². The van der Waals surface area contributed by atoms with Crippen LogP contribution in [0.25, 0.3) is 10.9 Å². The Morgan fingerprint density at radius 2 is 1.65 bits per heavy atom. The van der Waals surface area contributed by atoms with Gasteiger partial charge in [-0.25, -0.2) is 0 Å². The van der Waals surface area contributed by atoms with Crippen molar-refractivity contribution in [3.63, 3.8) is 0 Å². The molecule has 0 radical (unpaired) electrons. The fourth-order valence-corrected chi connectivity index (χ4v) is 4.18. The molecule has 2 heterocycles. The van der Waals surface area contributed by atoms with Gasteiger partial charge in [0.05, 0.1) is 0 Å². The van der Waals surface area contributed by atoms with Crippen molar-refractivity contribution >= 4 is 10.9 Å². The zero-order chi connectivity index (χ0) is 21.8. The lowest BCUT2D eigenvalue weighted by Crippen LogP contribution is -2.48. The van der Waals surface area contributed by atoms with E-state index in [4.69, 9.17) is 4.74 Å². The lowest BCUT2D eigenvalue weighted by molar-refractivity contribution is 0.0444. The number of hydrogen-bond acceptors (Lipinski definition) is 4. The number of β-amino-alcohol motifs (C(OH)–C–C–N with tert-alkyl or cyclic N) is 1. The SMILES string of the molecule is CC(C)(C)c1ccc(OCC(O)CN2CCN(Cc3cc4ccccc4[nH]3)CC2)cc1. The van der Waals surface area contributed by atoms with E-state index in [-0.39, 0.29) is 5.41 Å². The quantitative estimate of drug-likeness (QED) is 0.605. The summed E-state index contributed by atoms with van der Waals surface area (Å²) in [5, 5.41) is 11.7. The number of aromatic nitrogens is 1. The maximum atomic E-state index is 10.4. The van der Waals surface area contributed by atoms with Crippen LogP contribution in [0.1, 0.15) is 32.0 Å². The van der Waals surface area contributed by atoms with Gasteiger partial charge in [-0.1, -0.05) is 51.1 Å². The molecule has 3 aromatic rings. The third-order valence-corrected chi connectivity index (χ3v) is 6.08. The van der Waals surface area contributed by atoms with E-state index in [1.54, 1.807) is 0 Å². The summed E-state index contributed by atoms with van der Waals surface area (Å²) in [5.74, 6) is 0.815. The Hall–Kier alpha value is -2.34. The number of fused-ring (bicyclic) bond motifs is 1. The molecule has 5 heteroatoms. The number of nitrogens with one attached hydrogen (secondary N) is 1. The Morgan fingerprint density at radius 3 is 2.32 bits per heavy atom. The highest BCUT2D eigenvalue weighted by atomic mass is 16.5. The van der Waals surface area contributed by atoms with Crippen molar-refractivity contribution in [3.05, 3.63) is 65.9 Å². The van der Waals surface area contributed by atoms with Gasteiger partial charge in [-0.15, -0.1) is 0 Å². The summed E-state index contributed by atoms with van der Waals surface area (Å²) in [7, 11) is 0. The van der Waals surface area contributed by atoms with Gasteiger partial charge in [-0.3, -0.25) is 9.80 Å². The zero-order valence-corrected chi connectivity index (χ0v) is 19.0. The first-order valence-corrected chi connectivity index (χ1v) is 11.3. The van der Waals surface area contributed by atoms with Gasteiger partial charge in [0, 0.05) is 50.5 Å². The minimum Gasteiger partial charge on any atom is -0.491 e. The van der Waals surface area contributed by atoms with E-state index < -0.39 is 6.10 Å². The standard InChI is InChI=1S/C26H35N3O2/c1-26(2,3)21-8-10-24(11-9-21)31-19-23(30)18-29-14-12-28(13-15-29)17-22-16-20-6-4-5-7-25(20)27-22/h4-11,16,23,27,30H,12-15,17-19H2,1-3H3. The maximum Gasteiger partial charge on any atom is 0.119 e. The maximum absolute atomic E-state index is 10.4. The number of ether oxygens (including phenoxy) is 1. The Balaban J connectivity index is 1.19. The van der Waals surface area contributed by atoms with Crippen LogP contribution in [0, 0.1) is 0 Å². The highest BCUT2D eigenvalue weighted by Gasteiger charge is 2.20. The van der Waals surface area contributed by atoms with Crippen molar-refractivity contribution in [2.45, 2.75) is 38.8 Å². The van der Waals surface area contributed by atoms with E-state index in [9.17, 15) is 5.11 Å². The Kier molecular flexibility index (Phi) is 6.65. The molecule has 166 valence electrons. The fraction of sp³-hybridized carbons (Fsp3) is 0.462. The molecule has 1 aromatic heterocycles. The first kappa shape index (κ1) is 21.9. The first-order valence-electron chi connectivity index (χ1n) is 11.3. The van der Waals surface area contributed by atoms with Gasteiger partial charge >= 0.3 is 0 Å². The number of H-pyrrole nitrogens is 1. The number of hydrogen-bond donors (Lipinski definition) is 2. The number of aliphatic hydroxyl groups excluding tert-OH is 1. The van der Waals surface area contributed by atoms with Crippen LogP contribution in [0.4, 0.5) is 0 Å². The lowest BCUT2D eigenvalue weighted by atomic mass is 9.87. The minimum atomic E-state index is -0.484. The molecule has 2 aromatic carbocycles. The van der Waals surface area contributed by atoms with Crippen molar-refractivity contribution in [2.75, 3.05) is 39.3 Å². The smallest absolute Gasteiger partial charge is 0.119 e. The molecule has 1 aliphatic rings. The topological polar surface area (TPSA) is 51.7 Å². The normalized spacial score (nSPS) is 17.2. The van der Waals surface area contributed by atoms with Crippen LogP contribution in [-0.2, 0) is 12.0 Å². The van der Waals surface area contributed by atoms with Gasteiger partial charge in [0.25, 0.3) is 0 Å². The molecule has 1 unspecified atom stereocenters. The minimum absolute atomic E-state index is 0.133. The largest absolute Gasteiger partial charge is 0.491 e. The van der Waals surface area contributed by atoms with Gasteiger partial charge in [0.15, 0.2) is 0 Å². The summed E-state index contributed by atoms with van der Waals surface area (Å²) in [5.41, 5.74) is 3.88. The second-order valence-electron chi connectivity index (χ2n) is 9.70. The summed E-state index contributed by atoms with van der Waals surface area (Å²) in [6.07, 6.45) is -0.484. The summed E-state index contributed by atoms with van der Waals surface area (Å²) >= 11 is 0. The van der Waals surface area contributed by atoms with Crippen LogP contribution in [-0.4, -0.2) is 65.3 Å². The van der Waals surface area contributed by atoms with Crippen molar-refractivity contribution in [3.8, 4) is 5.75 Å². The van der Waals surface area contributed by atoms with Crippen LogP contribution in [0.5, 0.6) is 5.75 Å². The zero-order valence-electron chi connectivity index (χ0n) is 19.0. The number of nitrogens with zero attached hydrogens (tertiary/aromatic N) is 2. The number of benzene rings is 2. The number of aromatic amines is 1. The molecule has 0 bridgehead atoms. The molecule has 1 fully saturated rings. The van der Waals surface area contributed by atoms with Gasteiger partial charge in [-0.2, -0.15) is 0 Å². The van der Waals surface area contributed by atoms with Crippen molar-refractivity contribution in [2.24, 2.45) is 0 Å². The van der Waals surface area contributed by atoms with Crippen LogP contribution >= 0.6 is 0 Å². The van der Waals surface area contributed by atoms with Crippen LogP contribution in [0.3, 0.4) is 0 Å². The monoisotopic (exact) mass is 421 g/mol. The summed E-state index contributed by atoms with van der Waals surface area (Å²) in [6.45, 7) is 12.5. The average Bonchev–Trinajstić information content (AvgIpc) is 3.16. The van der Waals surface area contributed by atoms with E-state index in [2.05, 4.69) is 78.0 Å². The molecule has 4 rings (SSSR count). The van der Waals surface area contributed by atoms with Crippen LogP contribution < -0.4 is 4.74 Å². The molecule has 0 saturated carbocycles. The highest BCUT2D eigenvalue weighted by Crippen LogP contribution is 2.24. The highest BCUT2D eigenvalue weighted by molar-refractivity contribution is 5.80. The molecule has 1 aliphatic heterocycles. The first-order chi connectivity index (χ1) is 14.9.